The van der Waals surface area contributed by atoms with Crippen molar-refractivity contribution in [1.29, 1.82) is 0 Å². The molecule has 0 aromatic carbocycles. The Morgan fingerprint density at radius 2 is 2.06 bits per heavy atom. The number of hydrogen-bond donors (Lipinski definition) is 4. The SMILES string of the molecule is CC(CO)NCCCCC(C)(C)C(N)=NO. The second-order valence-electron chi connectivity index (χ2n) is 4.86. The van der Waals surface area contributed by atoms with E-state index in [0.29, 0.717) is 0 Å². The summed E-state index contributed by atoms with van der Waals surface area (Å²) in [6.07, 6.45) is 2.92. The first-order valence-corrected chi connectivity index (χ1v) is 5.76. The standard InChI is InChI=1S/C11H25N3O2/c1-9(8-15)13-7-5-4-6-11(2,3)10(12)14-16/h9,13,15-16H,4-8H2,1-3H3,(H2,12,14). The first-order valence-electron chi connectivity index (χ1n) is 5.76. The van der Waals surface area contributed by atoms with Gasteiger partial charge in [-0.15, -0.1) is 0 Å². The van der Waals surface area contributed by atoms with E-state index in [4.69, 9.17) is 16.0 Å². The van der Waals surface area contributed by atoms with Crippen LogP contribution in [0.3, 0.4) is 0 Å². The maximum Gasteiger partial charge on any atom is 0.144 e. The molecule has 0 bridgehead atoms. The molecule has 0 fully saturated rings. The summed E-state index contributed by atoms with van der Waals surface area (Å²) in [5, 5.41) is 23.7. The van der Waals surface area contributed by atoms with Gasteiger partial charge in [0, 0.05) is 11.5 Å². The van der Waals surface area contributed by atoms with Crippen LogP contribution in [0.1, 0.15) is 40.0 Å². The molecule has 0 aliphatic heterocycles. The Bertz CT molecular complexity index is 217. The van der Waals surface area contributed by atoms with Crippen LogP contribution in [0, 0.1) is 5.41 Å². The molecule has 1 atom stereocenters. The molecule has 0 aliphatic carbocycles. The van der Waals surface area contributed by atoms with E-state index in [1.54, 1.807) is 0 Å². The molecular weight excluding hydrogens is 206 g/mol. The molecular formula is C11H25N3O2. The Morgan fingerprint density at radius 1 is 1.44 bits per heavy atom. The molecule has 0 amide bonds. The second kappa shape index (κ2) is 7.46. The third kappa shape index (κ3) is 5.92. The lowest BCUT2D eigenvalue weighted by atomic mass is 9.86. The number of nitrogens with zero attached hydrogens (tertiary/aromatic N) is 1. The van der Waals surface area contributed by atoms with Gasteiger partial charge < -0.3 is 21.4 Å². The van der Waals surface area contributed by atoms with Crippen LogP contribution in [0.25, 0.3) is 0 Å². The second-order valence-corrected chi connectivity index (χ2v) is 4.86. The van der Waals surface area contributed by atoms with Gasteiger partial charge >= 0.3 is 0 Å². The lowest BCUT2D eigenvalue weighted by Gasteiger charge is -2.22. The fourth-order valence-electron chi connectivity index (χ4n) is 1.37. The third-order valence-corrected chi connectivity index (χ3v) is 2.80. The van der Waals surface area contributed by atoms with Crippen LogP contribution in [0.15, 0.2) is 5.16 Å². The molecule has 96 valence electrons. The van der Waals surface area contributed by atoms with Crippen LogP contribution >= 0.6 is 0 Å². The lowest BCUT2D eigenvalue weighted by Crippen LogP contribution is -2.32. The summed E-state index contributed by atoms with van der Waals surface area (Å²) in [7, 11) is 0. The monoisotopic (exact) mass is 231 g/mol. The molecule has 0 aliphatic rings. The Hall–Kier alpha value is -0.810. The van der Waals surface area contributed by atoms with E-state index in [9.17, 15) is 0 Å². The zero-order valence-electron chi connectivity index (χ0n) is 10.5. The highest BCUT2D eigenvalue weighted by Crippen LogP contribution is 2.22. The summed E-state index contributed by atoms with van der Waals surface area (Å²) in [6, 6.07) is 0.150. The van der Waals surface area contributed by atoms with Crippen molar-refractivity contribution in [2.45, 2.75) is 46.1 Å². The van der Waals surface area contributed by atoms with Crippen molar-refractivity contribution in [3.63, 3.8) is 0 Å². The van der Waals surface area contributed by atoms with Crippen LogP contribution in [0.4, 0.5) is 0 Å². The average Bonchev–Trinajstić information content (AvgIpc) is 2.26. The van der Waals surface area contributed by atoms with Gasteiger partial charge in [-0.25, -0.2) is 0 Å². The quantitative estimate of drug-likeness (QED) is 0.164. The molecule has 0 heterocycles. The van der Waals surface area contributed by atoms with Crippen molar-refractivity contribution in [1.82, 2.24) is 5.32 Å². The van der Waals surface area contributed by atoms with Gasteiger partial charge in [-0.1, -0.05) is 25.4 Å². The number of nitrogens with one attached hydrogen (secondary N) is 1. The van der Waals surface area contributed by atoms with Crippen LogP contribution in [-0.4, -0.2) is 35.3 Å². The first kappa shape index (κ1) is 15.2. The average molecular weight is 231 g/mol. The molecule has 5 heteroatoms. The Labute approximate surface area is 97.7 Å². The largest absolute Gasteiger partial charge is 0.409 e. The highest BCUT2D eigenvalue weighted by molar-refractivity contribution is 5.85. The molecule has 1 unspecified atom stereocenters. The summed E-state index contributed by atoms with van der Waals surface area (Å²) in [6.45, 7) is 6.92. The van der Waals surface area contributed by atoms with Crippen LogP contribution in [0.5, 0.6) is 0 Å². The van der Waals surface area contributed by atoms with Gasteiger partial charge in [-0.2, -0.15) is 0 Å². The Balaban J connectivity index is 3.66. The first-order chi connectivity index (χ1) is 7.44. The van der Waals surface area contributed by atoms with Crippen molar-refractivity contribution in [2.75, 3.05) is 13.2 Å². The van der Waals surface area contributed by atoms with E-state index in [1.807, 2.05) is 20.8 Å². The molecule has 16 heavy (non-hydrogen) atoms. The Morgan fingerprint density at radius 3 is 2.56 bits per heavy atom. The Kier molecular flexibility index (Phi) is 7.08. The number of aliphatic hydroxyl groups excluding tert-OH is 1. The normalized spacial score (nSPS) is 15.1. The van der Waals surface area contributed by atoms with Crippen molar-refractivity contribution in [3.05, 3.63) is 0 Å². The fourth-order valence-corrected chi connectivity index (χ4v) is 1.37. The van der Waals surface area contributed by atoms with Crippen LogP contribution < -0.4 is 11.1 Å². The van der Waals surface area contributed by atoms with Crippen molar-refractivity contribution in [3.8, 4) is 0 Å². The van der Waals surface area contributed by atoms with Crippen molar-refractivity contribution < 1.29 is 10.3 Å². The number of amidine groups is 1. The van der Waals surface area contributed by atoms with E-state index in [2.05, 4.69) is 10.5 Å². The van der Waals surface area contributed by atoms with Gasteiger partial charge in [0.2, 0.25) is 0 Å². The molecule has 0 aromatic rings. The van der Waals surface area contributed by atoms with Crippen LogP contribution in [0.2, 0.25) is 0 Å². The van der Waals surface area contributed by atoms with Gasteiger partial charge in [0.15, 0.2) is 0 Å². The minimum absolute atomic E-state index is 0.150. The number of aliphatic hydroxyl groups is 1. The van der Waals surface area contributed by atoms with Gasteiger partial charge in [-0.3, -0.25) is 0 Å². The third-order valence-electron chi connectivity index (χ3n) is 2.80. The summed E-state index contributed by atoms with van der Waals surface area (Å²) < 4.78 is 0. The number of oxime groups is 1. The molecule has 0 rings (SSSR count). The molecule has 0 saturated heterocycles. The molecule has 0 radical (unpaired) electrons. The molecule has 0 spiro atoms. The topological polar surface area (TPSA) is 90.9 Å². The maximum atomic E-state index is 8.80. The molecule has 0 saturated carbocycles. The molecule has 0 aromatic heterocycles. The number of rotatable bonds is 8. The van der Waals surface area contributed by atoms with E-state index >= 15 is 0 Å². The fraction of sp³-hybridized carbons (Fsp3) is 0.909. The highest BCUT2D eigenvalue weighted by atomic mass is 16.4. The minimum atomic E-state index is -0.253. The van der Waals surface area contributed by atoms with Gasteiger partial charge in [-0.05, 0) is 26.3 Å². The summed E-state index contributed by atoms with van der Waals surface area (Å²) >= 11 is 0. The predicted octanol–water partition coefficient (Wildman–Crippen LogP) is 0.900. The summed E-state index contributed by atoms with van der Waals surface area (Å²) in [4.78, 5) is 0. The lowest BCUT2D eigenvalue weighted by molar-refractivity contribution is 0.250. The number of nitrogens with two attached hydrogens (primary N) is 1. The maximum absolute atomic E-state index is 8.80. The van der Waals surface area contributed by atoms with Crippen molar-refractivity contribution in [2.24, 2.45) is 16.3 Å². The van der Waals surface area contributed by atoms with E-state index in [0.717, 1.165) is 25.8 Å². The van der Waals surface area contributed by atoms with E-state index < -0.39 is 0 Å². The van der Waals surface area contributed by atoms with Gasteiger partial charge in [0.05, 0.1) is 6.61 Å². The summed E-state index contributed by atoms with van der Waals surface area (Å²) in [5.74, 6) is 0.282. The summed E-state index contributed by atoms with van der Waals surface area (Å²) in [5.41, 5.74) is 5.33. The minimum Gasteiger partial charge on any atom is -0.409 e. The highest BCUT2D eigenvalue weighted by Gasteiger charge is 2.22. The predicted molar refractivity (Wildman–Crippen MR) is 65.6 cm³/mol. The number of unbranched alkanes of at least 4 members (excludes halogenated alkanes) is 1. The molecule has 5 nitrogen and oxygen atoms in total. The zero-order chi connectivity index (χ0) is 12.6. The van der Waals surface area contributed by atoms with Crippen molar-refractivity contribution >= 4 is 5.84 Å². The number of hydrogen-bond acceptors (Lipinski definition) is 4. The van der Waals surface area contributed by atoms with Gasteiger partial charge in [0.25, 0.3) is 0 Å². The zero-order valence-corrected chi connectivity index (χ0v) is 10.5. The van der Waals surface area contributed by atoms with E-state index in [1.165, 1.54) is 0 Å². The van der Waals surface area contributed by atoms with E-state index in [-0.39, 0.29) is 23.9 Å². The van der Waals surface area contributed by atoms with Gasteiger partial charge in [0.1, 0.15) is 5.84 Å². The van der Waals surface area contributed by atoms with Crippen LogP contribution in [-0.2, 0) is 0 Å². The smallest absolute Gasteiger partial charge is 0.144 e. The molecule has 5 N–H and O–H groups in total.